The lowest BCUT2D eigenvalue weighted by molar-refractivity contribution is 0.341. The first-order chi connectivity index (χ1) is 15.3. The van der Waals surface area contributed by atoms with Gasteiger partial charge in [-0.15, -0.1) is 0 Å². The van der Waals surface area contributed by atoms with Gasteiger partial charge in [0.25, 0.3) is 0 Å². The molecule has 0 radical (unpaired) electrons. The summed E-state index contributed by atoms with van der Waals surface area (Å²) >= 11 is 0. The third kappa shape index (κ3) is 4.83. The highest BCUT2D eigenvalue weighted by Crippen LogP contribution is 2.57. The van der Waals surface area contributed by atoms with Crippen LogP contribution in [0.1, 0.15) is 71.6 Å². The van der Waals surface area contributed by atoms with Crippen molar-refractivity contribution >= 4 is 13.8 Å². The average molecular weight is 465 g/mol. The predicted molar refractivity (Wildman–Crippen MR) is 147 cm³/mol. The van der Waals surface area contributed by atoms with Crippen LogP contribution in [0, 0.1) is 17.8 Å². The van der Waals surface area contributed by atoms with E-state index in [2.05, 4.69) is 108 Å². The first kappa shape index (κ1) is 24.9. The molecule has 3 aliphatic rings. The van der Waals surface area contributed by atoms with Gasteiger partial charge in [-0.05, 0) is 62.8 Å². The molecule has 1 saturated heterocycles. The summed E-state index contributed by atoms with van der Waals surface area (Å²) in [5.74, 6) is 2.14. The number of nitrogens with zero attached hydrogens (tertiary/aromatic N) is 1. The molecule has 4 rings (SSSR count). The SMILES string of the molecule is CC1CC2C(c3cc(C(C)(C)C)cc(C(C)(C)C)c3)=CC=CC2C1[Si](C)(C)N1CCNCC1. The molecule has 1 aromatic rings. The average Bonchev–Trinajstić information content (AvgIpc) is 3.09. The van der Waals surface area contributed by atoms with Gasteiger partial charge in [0.2, 0.25) is 0 Å². The molecule has 2 nitrogen and oxygen atoms in total. The second-order valence-electron chi connectivity index (χ2n) is 13.6. The number of rotatable bonds is 3. The van der Waals surface area contributed by atoms with Gasteiger partial charge >= 0.3 is 0 Å². The summed E-state index contributed by atoms with van der Waals surface area (Å²) in [4.78, 5) is 0. The molecule has 0 amide bonds. The first-order valence-electron chi connectivity index (χ1n) is 13.3. The van der Waals surface area contributed by atoms with E-state index in [1.165, 1.54) is 36.2 Å². The van der Waals surface area contributed by atoms with Gasteiger partial charge in [0.15, 0.2) is 0 Å². The van der Waals surface area contributed by atoms with Crippen LogP contribution in [-0.2, 0) is 10.8 Å². The molecule has 0 bridgehead atoms. The van der Waals surface area contributed by atoms with Gasteiger partial charge in [-0.3, -0.25) is 0 Å². The van der Waals surface area contributed by atoms with Gasteiger partial charge in [-0.2, -0.15) is 0 Å². The molecule has 0 spiro atoms. The molecular formula is C30H48N2Si. The second kappa shape index (κ2) is 8.81. The number of fused-ring (bicyclic) bond motifs is 1. The van der Waals surface area contributed by atoms with Crippen molar-refractivity contribution < 1.29 is 0 Å². The van der Waals surface area contributed by atoms with E-state index in [4.69, 9.17) is 0 Å². The number of nitrogens with one attached hydrogen (secondary N) is 1. The number of hydrogen-bond acceptors (Lipinski definition) is 2. The van der Waals surface area contributed by atoms with Crippen molar-refractivity contribution in [3.8, 4) is 0 Å². The van der Waals surface area contributed by atoms with E-state index >= 15 is 0 Å². The predicted octanol–water partition coefficient (Wildman–Crippen LogP) is 6.99. The van der Waals surface area contributed by atoms with Crippen LogP contribution in [0.5, 0.6) is 0 Å². The Kier molecular flexibility index (Phi) is 6.66. The van der Waals surface area contributed by atoms with Crippen LogP contribution in [0.25, 0.3) is 5.57 Å². The maximum Gasteiger partial charge on any atom is 0.126 e. The molecule has 3 heteroatoms. The molecule has 0 aromatic heterocycles. The Morgan fingerprint density at radius 3 is 2.03 bits per heavy atom. The lowest BCUT2D eigenvalue weighted by atomic mass is 9.75. The topological polar surface area (TPSA) is 15.3 Å². The molecule has 1 aliphatic heterocycles. The Labute approximate surface area is 205 Å². The van der Waals surface area contributed by atoms with Crippen LogP contribution in [0.4, 0.5) is 0 Å². The zero-order valence-corrected chi connectivity index (χ0v) is 23.8. The van der Waals surface area contributed by atoms with E-state index < -0.39 is 8.24 Å². The minimum absolute atomic E-state index is 0.156. The van der Waals surface area contributed by atoms with Crippen molar-refractivity contribution in [1.82, 2.24) is 9.88 Å². The minimum atomic E-state index is -1.54. The van der Waals surface area contributed by atoms with Crippen molar-refractivity contribution in [2.45, 2.75) is 84.4 Å². The number of hydrogen-bond donors (Lipinski definition) is 1. The highest BCUT2D eigenvalue weighted by atomic mass is 28.3. The molecule has 182 valence electrons. The minimum Gasteiger partial charge on any atom is -0.321 e. The van der Waals surface area contributed by atoms with E-state index in [0.717, 1.165) is 24.5 Å². The lowest BCUT2D eigenvalue weighted by Gasteiger charge is -2.47. The van der Waals surface area contributed by atoms with Crippen molar-refractivity contribution in [3.63, 3.8) is 0 Å². The Bertz CT molecular complexity index is 889. The molecule has 1 saturated carbocycles. The van der Waals surface area contributed by atoms with Crippen molar-refractivity contribution in [1.29, 1.82) is 0 Å². The van der Waals surface area contributed by atoms with Crippen molar-refractivity contribution in [2.75, 3.05) is 26.2 Å². The van der Waals surface area contributed by atoms with Gasteiger partial charge in [0.1, 0.15) is 8.24 Å². The van der Waals surface area contributed by atoms with Crippen LogP contribution < -0.4 is 5.32 Å². The van der Waals surface area contributed by atoms with Gasteiger partial charge < -0.3 is 9.88 Å². The summed E-state index contributed by atoms with van der Waals surface area (Å²) in [6.45, 7) is 26.8. The molecule has 2 aliphatic carbocycles. The largest absolute Gasteiger partial charge is 0.321 e. The molecule has 33 heavy (non-hydrogen) atoms. The van der Waals surface area contributed by atoms with Crippen LogP contribution in [0.2, 0.25) is 18.6 Å². The van der Waals surface area contributed by atoms with Crippen molar-refractivity contribution in [3.05, 3.63) is 53.1 Å². The van der Waals surface area contributed by atoms with Gasteiger partial charge in [-0.25, -0.2) is 0 Å². The second-order valence-corrected chi connectivity index (χ2v) is 18.2. The van der Waals surface area contributed by atoms with Crippen LogP contribution >= 0.6 is 0 Å². The summed E-state index contributed by atoms with van der Waals surface area (Å²) in [6, 6.07) is 7.48. The van der Waals surface area contributed by atoms with E-state index in [1.54, 1.807) is 5.57 Å². The summed E-state index contributed by atoms with van der Waals surface area (Å²) in [5, 5.41) is 3.57. The summed E-state index contributed by atoms with van der Waals surface area (Å²) in [5.41, 5.74) is 7.14. The zero-order chi connectivity index (χ0) is 24.2. The maximum atomic E-state index is 3.57. The zero-order valence-electron chi connectivity index (χ0n) is 22.8. The fraction of sp³-hybridized carbons (Fsp3) is 0.667. The molecule has 1 aromatic carbocycles. The smallest absolute Gasteiger partial charge is 0.126 e. The molecule has 2 fully saturated rings. The third-order valence-corrected chi connectivity index (χ3v) is 13.5. The normalized spacial score (nSPS) is 29.2. The van der Waals surface area contributed by atoms with Crippen LogP contribution in [-0.4, -0.2) is 39.0 Å². The third-order valence-electron chi connectivity index (χ3n) is 8.87. The van der Waals surface area contributed by atoms with Crippen molar-refractivity contribution in [2.24, 2.45) is 17.8 Å². The van der Waals surface area contributed by atoms with Crippen LogP contribution in [0.15, 0.2) is 36.4 Å². The summed E-state index contributed by atoms with van der Waals surface area (Å²) in [6.07, 6.45) is 8.75. The fourth-order valence-corrected chi connectivity index (χ4v) is 11.5. The van der Waals surface area contributed by atoms with E-state index in [-0.39, 0.29) is 10.8 Å². The molecular weight excluding hydrogens is 416 g/mol. The van der Waals surface area contributed by atoms with E-state index in [0.29, 0.717) is 11.8 Å². The summed E-state index contributed by atoms with van der Waals surface area (Å²) in [7, 11) is -1.54. The molecule has 1 heterocycles. The molecule has 4 atom stereocenters. The Morgan fingerprint density at radius 2 is 1.48 bits per heavy atom. The highest BCUT2D eigenvalue weighted by Gasteiger charge is 2.52. The van der Waals surface area contributed by atoms with Crippen LogP contribution in [0.3, 0.4) is 0 Å². The lowest BCUT2D eigenvalue weighted by Crippen LogP contribution is -2.60. The van der Waals surface area contributed by atoms with E-state index in [9.17, 15) is 0 Å². The first-order valence-corrected chi connectivity index (χ1v) is 16.3. The number of benzene rings is 1. The van der Waals surface area contributed by atoms with Gasteiger partial charge in [-0.1, -0.05) is 98.0 Å². The standard InChI is InChI=1S/C30H48N2Si/c1-21-17-27-25(22-18-23(29(2,3)4)20-24(19-22)30(5,6)7)11-10-12-26(27)28(21)33(8,9)32-15-13-31-14-16-32/h10-12,18-21,26-28,31H,13-17H2,1-9H3. The van der Waals surface area contributed by atoms with Gasteiger partial charge in [0.05, 0.1) is 0 Å². The highest BCUT2D eigenvalue weighted by molar-refractivity contribution is 6.76. The Hall–Kier alpha value is -1.16. The fourth-order valence-electron chi connectivity index (χ4n) is 6.92. The Morgan fingerprint density at radius 1 is 0.909 bits per heavy atom. The van der Waals surface area contributed by atoms with E-state index in [1.807, 2.05) is 0 Å². The number of piperazine rings is 1. The van der Waals surface area contributed by atoms with Gasteiger partial charge in [0, 0.05) is 26.2 Å². The summed E-state index contributed by atoms with van der Waals surface area (Å²) < 4.78 is 2.90. The molecule has 1 N–H and O–H groups in total. The number of allylic oxidation sites excluding steroid dienone is 4. The Balaban J connectivity index is 1.71. The maximum absolute atomic E-state index is 3.57. The monoisotopic (exact) mass is 464 g/mol. The quantitative estimate of drug-likeness (QED) is 0.485. The molecule has 4 unspecified atom stereocenters.